The van der Waals surface area contributed by atoms with Gasteiger partial charge in [-0.25, -0.2) is 0 Å². The van der Waals surface area contributed by atoms with Crippen molar-refractivity contribution in [2.75, 3.05) is 40.0 Å². The van der Waals surface area contributed by atoms with Crippen LogP contribution in [-0.4, -0.2) is 45.9 Å². The molecular formula is C19H31ClIN3O2. The van der Waals surface area contributed by atoms with Gasteiger partial charge in [0.05, 0.1) is 13.7 Å². The summed E-state index contributed by atoms with van der Waals surface area (Å²) in [7, 11) is 1.70. The normalized spacial score (nSPS) is 16.5. The summed E-state index contributed by atoms with van der Waals surface area (Å²) in [6.45, 7) is 8.09. The summed E-state index contributed by atoms with van der Waals surface area (Å²) in [4.78, 5) is 4.87. The van der Waals surface area contributed by atoms with Crippen LogP contribution >= 0.6 is 35.6 Å². The Balaban J connectivity index is 0.00000338. The first kappa shape index (κ1) is 23.3. The number of guanidine groups is 1. The number of benzene rings is 1. The van der Waals surface area contributed by atoms with Crippen molar-refractivity contribution in [3.05, 3.63) is 28.8 Å². The number of hydrogen-bond donors (Lipinski definition) is 2. The lowest BCUT2D eigenvalue weighted by Gasteiger charge is -2.37. The molecule has 1 aromatic rings. The lowest BCUT2D eigenvalue weighted by molar-refractivity contribution is 0.0523. The van der Waals surface area contributed by atoms with Gasteiger partial charge in [-0.15, -0.1) is 24.0 Å². The second-order valence-electron chi connectivity index (χ2n) is 6.36. The second kappa shape index (κ2) is 11.9. The first-order chi connectivity index (χ1) is 12.1. The molecule has 148 valence electrons. The molecule has 5 nitrogen and oxygen atoms in total. The number of nitrogens with one attached hydrogen (secondary N) is 2. The Morgan fingerprint density at radius 1 is 1.27 bits per heavy atom. The molecule has 1 aliphatic rings. The highest BCUT2D eigenvalue weighted by Gasteiger charge is 2.37. The summed E-state index contributed by atoms with van der Waals surface area (Å²) < 4.78 is 11.2. The van der Waals surface area contributed by atoms with Gasteiger partial charge < -0.3 is 20.1 Å². The van der Waals surface area contributed by atoms with Crippen LogP contribution in [0.4, 0.5) is 0 Å². The first-order valence-electron chi connectivity index (χ1n) is 9.09. The van der Waals surface area contributed by atoms with Crippen molar-refractivity contribution < 1.29 is 9.47 Å². The Labute approximate surface area is 179 Å². The van der Waals surface area contributed by atoms with Crippen molar-refractivity contribution in [2.45, 2.75) is 38.5 Å². The summed E-state index contributed by atoms with van der Waals surface area (Å²) in [5.41, 5.74) is 1.00. The van der Waals surface area contributed by atoms with E-state index < -0.39 is 0 Å². The van der Waals surface area contributed by atoms with Crippen LogP contribution in [0.1, 0.15) is 38.7 Å². The van der Waals surface area contributed by atoms with Crippen molar-refractivity contribution >= 4 is 41.5 Å². The Kier molecular flexibility index (Phi) is 10.6. The van der Waals surface area contributed by atoms with Crippen molar-refractivity contribution in [1.82, 2.24) is 10.6 Å². The van der Waals surface area contributed by atoms with Gasteiger partial charge in [-0.3, -0.25) is 4.99 Å². The van der Waals surface area contributed by atoms with Crippen LogP contribution in [0.2, 0.25) is 5.02 Å². The highest BCUT2D eigenvalue weighted by molar-refractivity contribution is 14.0. The van der Waals surface area contributed by atoms with Gasteiger partial charge in [0.15, 0.2) is 5.96 Å². The molecule has 0 amide bonds. The van der Waals surface area contributed by atoms with Gasteiger partial charge in [0, 0.05) is 42.3 Å². The SMILES string of the molecule is CCCNC(=NCC1(c2cc(Cl)ccc2OC)CCOCC1)NCC.I. The van der Waals surface area contributed by atoms with E-state index in [1.54, 1.807) is 7.11 Å². The lowest BCUT2D eigenvalue weighted by atomic mass is 9.73. The zero-order chi connectivity index (χ0) is 18.1. The van der Waals surface area contributed by atoms with E-state index >= 15 is 0 Å². The van der Waals surface area contributed by atoms with E-state index in [9.17, 15) is 0 Å². The summed E-state index contributed by atoms with van der Waals surface area (Å²) in [5.74, 6) is 1.73. The number of aliphatic imine (C=N–C) groups is 1. The highest BCUT2D eigenvalue weighted by Crippen LogP contribution is 2.41. The molecule has 1 fully saturated rings. The third kappa shape index (κ3) is 6.16. The fraction of sp³-hybridized carbons (Fsp3) is 0.632. The van der Waals surface area contributed by atoms with Crippen LogP contribution in [0.15, 0.2) is 23.2 Å². The van der Waals surface area contributed by atoms with E-state index in [-0.39, 0.29) is 29.4 Å². The van der Waals surface area contributed by atoms with Crippen molar-refractivity contribution in [3.63, 3.8) is 0 Å². The van der Waals surface area contributed by atoms with Crippen molar-refractivity contribution in [1.29, 1.82) is 0 Å². The van der Waals surface area contributed by atoms with Crippen molar-refractivity contribution in [3.8, 4) is 5.75 Å². The molecule has 1 heterocycles. The van der Waals surface area contributed by atoms with Gasteiger partial charge in [0.2, 0.25) is 0 Å². The third-order valence-corrected chi connectivity index (χ3v) is 4.84. The van der Waals surface area contributed by atoms with Crippen LogP contribution in [0.5, 0.6) is 5.75 Å². The molecule has 0 aromatic heterocycles. The average molecular weight is 496 g/mol. The fourth-order valence-electron chi connectivity index (χ4n) is 3.18. The average Bonchev–Trinajstić information content (AvgIpc) is 2.64. The quantitative estimate of drug-likeness (QED) is 0.341. The van der Waals surface area contributed by atoms with Crippen molar-refractivity contribution in [2.24, 2.45) is 4.99 Å². The summed E-state index contributed by atoms with van der Waals surface area (Å²) in [6, 6.07) is 5.83. The topological polar surface area (TPSA) is 54.9 Å². The number of hydrogen-bond acceptors (Lipinski definition) is 3. The predicted molar refractivity (Wildman–Crippen MR) is 119 cm³/mol. The smallest absolute Gasteiger partial charge is 0.191 e. The van der Waals surface area contributed by atoms with Crippen LogP contribution in [0.25, 0.3) is 0 Å². The molecule has 1 saturated heterocycles. The van der Waals surface area contributed by atoms with E-state index in [2.05, 4.69) is 24.5 Å². The zero-order valence-corrected chi connectivity index (χ0v) is 19.0. The Bertz CT molecular complexity index is 578. The summed E-state index contributed by atoms with van der Waals surface area (Å²) >= 11 is 6.29. The van der Waals surface area contributed by atoms with Crippen LogP contribution < -0.4 is 15.4 Å². The monoisotopic (exact) mass is 495 g/mol. The summed E-state index contributed by atoms with van der Waals surface area (Å²) in [6.07, 6.45) is 2.87. The van der Waals surface area contributed by atoms with Crippen LogP contribution in [-0.2, 0) is 10.2 Å². The van der Waals surface area contributed by atoms with Gasteiger partial charge in [0.1, 0.15) is 5.75 Å². The highest BCUT2D eigenvalue weighted by atomic mass is 127. The standard InChI is InChI=1S/C19H30ClN3O2.HI/c1-4-10-22-18(21-5-2)23-14-19(8-11-25-12-9-19)16-13-15(20)6-7-17(16)24-3;/h6-7,13H,4-5,8-12,14H2,1-3H3,(H2,21,22,23);1H. The van der Waals surface area contributed by atoms with Gasteiger partial charge in [-0.05, 0) is 44.4 Å². The molecule has 0 spiro atoms. The molecular weight excluding hydrogens is 465 g/mol. The van der Waals surface area contributed by atoms with E-state index in [1.165, 1.54) is 0 Å². The number of halogens is 2. The van der Waals surface area contributed by atoms with Gasteiger partial charge >= 0.3 is 0 Å². The second-order valence-corrected chi connectivity index (χ2v) is 6.80. The maximum atomic E-state index is 6.29. The molecule has 0 atom stereocenters. The number of rotatable bonds is 7. The maximum absolute atomic E-state index is 6.29. The Hall–Kier alpha value is -0.730. The van der Waals surface area contributed by atoms with E-state index in [4.69, 9.17) is 26.1 Å². The Morgan fingerprint density at radius 3 is 2.62 bits per heavy atom. The largest absolute Gasteiger partial charge is 0.496 e. The van der Waals surface area contributed by atoms with Gasteiger partial charge in [-0.1, -0.05) is 18.5 Å². The molecule has 7 heteroatoms. The van der Waals surface area contributed by atoms with E-state index in [0.29, 0.717) is 6.54 Å². The number of methoxy groups -OCH3 is 1. The maximum Gasteiger partial charge on any atom is 0.191 e. The molecule has 0 aliphatic carbocycles. The van der Waals surface area contributed by atoms with Crippen LogP contribution in [0, 0.1) is 0 Å². The number of ether oxygens (including phenoxy) is 2. The first-order valence-corrected chi connectivity index (χ1v) is 9.47. The van der Waals surface area contributed by atoms with E-state index in [0.717, 1.165) is 67.9 Å². The molecule has 0 radical (unpaired) electrons. The minimum absolute atomic E-state index is 0. The molecule has 2 N–H and O–H groups in total. The molecule has 0 unspecified atom stereocenters. The molecule has 2 rings (SSSR count). The molecule has 0 bridgehead atoms. The molecule has 1 aliphatic heterocycles. The van der Waals surface area contributed by atoms with Gasteiger partial charge in [0.25, 0.3) is 0 Å². The van der Waals surface area contributed by atoms with E-state index in [1.807, 2.05) is 18.2 Å². The summed E-state index contributed by atoms with van der Waals surface area (Å²) in [5, 5.41) is 7.41. The third-order valence-electron chi connectivity index (χ3n) is 4.61. The molecule has 26 heavy (non-hydrogen) atoms. The number of nitrogens with zero attached hydrogens (tertiary/aromatic N) is 1. The van der Waals surface area contributed by atoms with Gasteiger partial charge in [-0.2, -0.15) is 0 Å². The minimum atomic E-state index is -0.122. The molecule has 1 aromatic carbocycles. The lowest BCUT2D eigenvalue weighted by Crippen LogP contribution is -2.41. The van der Waals surface area contributed by atoms with Crippen LogP contribution in [0.3, 0.4) is 0 Å². The minimum Gasteiger partial charge on any atom is -0.496 e. The zero-order valence-electron chi connectivity index (χ0n) is 15.9. The Morgan fingerprint density at radius 2 is 2.00 bits per heavy atom. The fourth-order valence-corrected chi connectivity index (χ4v) is 3.36. The predicted octanol–water partition coefficient (Wildman–Crippen LogP) is 3.98. The molecule has 0 saturated carbocycles.